The van der Waals surface area contributed by atoms with E-state index in [4.69, 9.17) is 14.3 Å². The molecule has 34 heavy (non-hydrogen) atoms. The number of thiazole rings is 1. The van der Waals surface area contributed by atoms with Crippen LogP contribution in [0.5, 0.6) is 0 Å². The third-order valence-electron chi connectivity index (χ3n) is 5.47. The lowest BCUT2D eigenvalue weighted by Crippen LogP contribution is -2.30. The third-order valence-corrected chi connectivity index (χ3v) is 8.17. The van der Waals surface area contributed by atoms with E-state index in [1.54, 1.807) is 25.4 Å². The van der Waals surface area contributed by atoms with Crippen molar-refractivity contribution in [3.05, 3.63) is 40.9 Å². The third kappa shape index (κ3) is 6.60. The summed E-state index contributed by atoms with van der Waals surface area (Å²) in [5.74, 6) is -0.497. The zero-order chi connectivity index (χ0) is 24.7. The van der Waals surface area contributed by atoms with Crippen molar-refractivity contribution in [2.45, 2.75) is 43.3 Å². The molecule has 1 N–H and O–H groups in total. The number of nitrogens with one attached hydrogen (secondary N) is 1. The van der Waals surface area contributed by atoms with Crippen LogP contribution in [0.15, 0.2) is 40.5 Å². The Morgan fingerprint density at radius 3 is 2.53 bits per heavy atom. The number of amides is 1. The minimum Gasteiger partial charge on any atom is -0.392 e. The molecule has 1 aromatic heterocycles. The molecule has 0 aliphatic heterocycles. The zero-order valence-electron chi connectivity index (χ0n) is 19.7. The molecule has 0 bridgehead atoms. The molecule has 1 aliphatic carbocycles. The number of benzene rings is 1. The first-order valence-electron chi connectivity index (χ1n) is 10.8. The van der Waals surface area contributed by atoms with Gasteiger partial charge in [0.05, 0.1) is 17.6 Å². The SMILES string of the molecule is COCCN(C)S(=O)(=O)c1ccc(C(=NO[C@@H]2CC[C@@H](OC)C2)C(=O)Nc2ncc(C)s2)cc1. The van der Waals surface area contributed by atoms with E-state index in [-0.39, 0.29) is 36.0 Å². The predicted molar refractivity (Wildman–Crippen MR) is 130 cm³/mol. The average molecular weight is 511 g/mol. The number of rotatable bonds is 11. The molecule has 12 heteroatoms. The molecule has 2 atom stereocenters. The van der Waals surface area contributed by atoms with Crippen molar-refractivity contribution >= 4 is 38.1 Å². The Hall–Kier alpha value is -2.38. The summed E-state index contributed by atoms with van der Waals surface area (Å²) in [6, 6.07) is 5.97. The van der Waals surface area contributed by atoms with Crippen molar-refractivity contribution in [3.63, 3.8) is 0 Å². The lowest BCUT2D eigenvalue weighted by atomic mass is 10.1. The number of sulfonamides is 1. The van der Waals surface area contributed by atoms with E-state index < -0.39 is 15.9 Å². The van der Waals surface area contributed by atoms with E-state index in [1.165, 1.54) is 41.9 Å². The van der Waals surface area contributed by atoms with Crippen molar-refractivity contribution < 1.29 is 27.5 Å². The van der Waals surface area contributed by atoms with Gasteiger partial charge in [0.1, 0.15) is 6.10 Å². The number of carbonyl (C=O) groups is 1. The number of hydrogen-bond acceptors (Lipinski definition) is 9. The van der Waals surface area contributed by atoms with E-state index in [0.29, 0.717) is 17.1 Å². The Morgan fingerprint density at radius 1 is 1.24 bits per heavy atom. The second-order valence-corrected chi connectivity index (χ2v) is 11.2. The Kier molecular flexibility index (Phi) is 9.14. The van der Waals surface area contributed by atoms with Gasteiger partial charge in [-0.15, -0.1) is 11.3 Å². The first-order chi connectivity index (χ1) is 16.2. The molecule has 0 radical (unpaired) electrons. The number of nitrogens with zero attached hydrogens (tertiary/aromatic N) is 3. The van der Waals surface area contributed by atoms with Crippen molar-refractivity contribution in [2.75, 3.05) is 39.7 Å². The highest BCUT2D eigenvalue weighted by atomic mass is 32.2. The Balaban J connectivity index is 1.83. The van der Waals surface area contributed by atoms with E-state index in [9.17, 15) is 13.2 Å². The molecule has 186 valence electrons. The largest absolute Gasteiger partial charge is 0.392 e. The van der Waals surface area contributed by atoms with Gasteiger partial charge in [-0.1, -0.05) is 17.3 Å². The number of methoxy groups -OCH3 is 2. The maximum Gasteiger partial charge on any atom is 0.280 e. The molecule has 1 amide bonds. The fourth-order valence-corrected chi connectivity index (χ4v) is 5.25. The van der Waals surface area contributed by atoms with Crippen LogP contribution < -0.4 is 5.32 Å². The van der Waals surface area contributed by atoms with E-state index >= 15 is 0 Å². The smallest absolute Gasteiger partial charge is 0.280 e. The second kappa shape index (κ2) is 11.8. The molecule has 1 saturated carbocycles. The van der Waals surface area contributed by atoms with Crippen molar-refractivity contribution in [2.24, 2.45) is 5.16 Å². The maximum absolute atomic E-state index is 13.0. The summed E-state index contributed by atoms with van der Waals surface area (Å²) in [4.78, 5) is 23.9. The van der Waals surface area contributed by atoms with Gasteiger partial charge in [0.25, 0.3) is 5.91 Å². The summed E-state index contributed by atoms with van der Waals surface area (Å²) in [5, 5.41) is 7.34. The van der Waals surface area contributed by atoms with Gasteiger partial charge in [-0.2, -0.15) is 4.31 Å². The molecular formula is C22H30N4O6S2. The van der Waals surface area contributed by atoms with Crippen LogP contribution in [0.1, 0.15) is 29.7 Å². The number of anilines is 1. The quantitative estimate of drug-likeness (QED) is 0.365. The van der Waals surface area contributed by atoms with Crippen molar-refractivity contribution in [1.29, 1.82) is 0 Å². The number of aromatic nitrogens is 1. The van der Waals surface area contributed by atoms with Crippen LogP contribution in [0, 0.1) is 6.92 Å². The predicted octanol–water partition coefficient (Wildman–Crippen LogP) is 2.65. The molecule has 3 rings (SSSR count). The van der Waals surface area contributed by atoms with Crippen LogP contribution in [-0.4, -0.2) is 76.0 Å². The monoisotopic (exact) mass is 510 g/mol. The molecule has 1 aromatic carbocycles. The topological polar surface area (TPSA) is 119 Å². The van der Waals surface area contributed by atoms with Crippen molar-refractivity contribution in [3.8, 4) is 0 Å². The van der Waals surface area contributed by atoms with Crippen molar-refractivity contribution in [1.82, 2.24) is 9.29 Å². The number of likely N-dealkylation sites (N-methyl/N-ethyl adjacent to an activating group) is 1. The summed E-state index contributed by atoms with van der Waals surface area (Å²) < 4.78 is 37.1. The van der Waals surface area contributed by atoms with Gasteiger partial charge in [-0.05, 0) is 31.9 Å². The molecule has 1 fully saturated rings. The summed E-state index contributed by atoms with van der Waals surface area (Å²) in [7, 11) is 0.964. The summed E-state index contributed by atoms with van der Waals surface area (Å²) >= 11 is 1.34. The highest BCUT2D eigenvalue weighted by Crippen LogP contribution is 2.25. The average Bonchev–Trinajstić information content (AvgIpc) is 3.46. The van der Waals surface area contributed by atoms with Crippen LogP contribution in [0.4, 0.5) is 5.13 Å². The van der Waals surface area contributed by atoms with Crippen LogP contribution in [-0.2, 0) is 29.1 Å². The Morgan fingerprint density at radius 2 is 1.94 bits per heavy atom. The Bertz CT molecular complexity index is 1100. The number of hydrogen-bond donors (Lipinski definition) is 1. The molecule has 0 unspecified atom stereocenters. The van der Waals surface area contributed by atoms with Gasteiger partial charge in [0, 0.05) is 50.9 Å². The van der Waals surface area contributed by atoms with Crippen LogP contribution in [0.2, 0.25) is 0 Å². The molecular weight excluding hydrogens is 480 g/mol. The molecule has 1 aliphatic rings. The van der Waals surface area contributed by atoms with Gasteiger partial charge in [-0.25, -0.2) is 13.4 Å². The first kappa shape index (κ1) is 26.2. The second-order valence-electron chi connectivity index (χ2n) is 7.91. The standard InChI is InChI=1S/C22H30N4O6S2/c1-15-14-23-22(33-15)24-21(27)20(25-32-18-8-7-17(13-18)31-4)16-5-9-19(10-6-16)34(28,29)26(2)11-12-30-3/h5-6,9-10,14,17-18H,7-8,11-13H2,1-4H3,(H,23,24,27)/t17-,18-/m1/s1. The fraction of sp³-hybridized carbons (Fsp3) is 0.500. The highest BCUT2D eigenvalue weighted by molar-refractivity contribution is 7.89. The summed E-state index contributed by atoms with van der Waals surface area (Å²) in [6.45, 7) is 2.39. The summed E-state index contributed by atoms with van der Waals surface area (Å²) in [6.07, 6.45) is 3.93. The van der Waals surface area contributed by atoms with Gasteiger partial charge in [0.2, 0.25) is 10.0 Å². The molecule has 1 heterocycles. The normalized spacial score (nSPS) is 18.9. The van der Waals surface area contributed by atoms with E-state index in [2.05, 4.69) is 15.5 Å². The van der Waals surface area contributed by atoms with Crippen LogP contribution in [0.25, 0.3) is 0 Å². The number of carbonyl (C=O) groups excluding carboxylic acids is 1. The molecule has 0 saturated heterocycles. The maximum atomic E-state index is 13.0. The minimum atomic E-state index is -3.69. The van der Waals surface area contributed by atoms with E-state index in [1.807, 2.05) is 6.92 Å². The lowest BCUT2D eigenvalue weighted by Gasteiger charge is -2.17. The number of aryl methyl sites for hydroxylation is 1. The lowest BCUT2D eigenvalue weighted by molar-refractivity contribution is -0.110. The van der Waals surface area contributed by atoms with Crippen LogP contribution >= 0.6 is 11.3 Å². The van der Waals surface area contributed by atoms with E-state index in [0.717, 1.165) is 17.7 Å². The number of oxime groups is 1. The van der Waals surface area contributed by atoms with Gasteiger partial charge >= 0.3 is 0 Å². The molecule has 10 nitrogen and oxygen atoms in total. The first-order valence-corrected chi connectivity index (χ1v) is 13.1. The molecule has 2 aromatic rings. The Labute approximate surface area is 204 Å². The van der Waals surface area contributed by atoms with Gasteiger partial charge in [0.15, 0.2) is 10.8 Å². The number of ether oxygens (including phenoxy) is 2. The minimum absolute atomic E-state index is 0.0328. The fourth-order valence-electron chi connectivity index (χ4n) is 3.44. The van der Waals surface area contributed by atoms with Gasteiger partial charge < -0.3 is 14.3 Å². The molecule has 0 spiro atoms. The van der Waals surface area contributed by atoms with Gasteiger partial charge in [-0.3, -0.25) is 10.1 Å². The van der Waals surface area contributed by atoms with Crippen LogP contribution in [0.3, 0.4) is 0 Å². The highest BCUT2D eigenvalue weighted by Gasteiger charge is 2.27. The zero-order valence-corrected chi connectivity index (χ0v) is 21.3. The summed E-state index contributed by atoms with van der Waals surface area (Å²) in [5.41, 5.74) is 0.455.